The van der Waals surface area contributed by atoms with Crippen molar-refractivity contribution in [3.05, 3.63) is 35.4 Å². The van der Waals surface area contributed by atoms with E-state index in [-0.39, 0.29) is 5.91 Å². The van der Waals surface area contributed by atoms with Crippen molar-refractivity contribution in [3.8, 4) is 6.07 Å². The minimum atomic E-state index is -0.405. The highest BCUT2D eigenvalue weighted by Crippen LogP contribution is 2.29. The topological polar surface area (TPSA) is 44.1 Å². The lowest BCUT2D eigenvalue weighted by Gasteiger charge is -2.33. The summed E-state index contributed by atoms with van der Waals surface area (Å²) in [6.07, 6.45) is 1.31. The number of fused-ring (bicyclic) bond motifs is 1. The Morgan fingerprint density at radius 1 is 1.56 bits per heavy atom. The molecule has 0 saturated heterocycles. The standard InChI is InChI=1S/C13H14N2O/c1-2-13(16)15-8-7-10-5-3-4-6-11(10)12(15)9-14/h3-6,12H,2,7-8H2,1H3/t12-/m0/s1. The predicted molar refractivity (Wildman–Crippen MR) is 60.5 cm³/mol. The summed E-state index contributed by atoms with van der Waals surface area (Å²) in [5.74, 6) is 0.0565. The molecule has 0 fully saturated rings. The third kappa shape index (κ3) is 1.67. The average molecular weight is 214 g/mol. The van der Waals surface area contributed by atoms with Crippen LogP contribution in [0.3, 0.4) is 0 Å². The fraction of sp³-hybridized carbons (Fsp3) is 0.385. The normalized spacial score (nSPS) is 18.8. The number of carbonyl (C=O) groups is 1. The highest BCUT2D eigenvalue weighted by molar-refractivity contribution is 5.77. The van der Waals surface area contributed by atoms with E-state index in [1.54, 1.807) is 4.90 Å². The molecule has 0 unspecified atom stereocenters. The largest absolute Gasteiger partial charge is 0.322 e. The van der Waals surface area contributed by atoms with Crippen molar-refractivity contribution in [2.45, 2.75) is 25.8 Å². The van der Waals surface area contributed by atoms with Crippen molar-refractivity contribution >= 4 is 5.91 Å². The predicted octanol–water partition coefficient (Wildman–Crippen LogP) is 2.05. The molecule has 1 amide bonds. The highest BCUT2D eigenvalue weighted by Gasteiger charge is 2.29. The van der Waals surface area contributed by atoms with Gasteiger partial charge < -0.3 is 4.90 Å². The van der Waals surface area contributed by atoms with E-state index in [4.69, 9.17) is 0 Å². The first-order valence-electron chi connectivity index (χ1n) is 5.54. The van der Waals surface area contributed by atoms with Crippen LogP contribution in [-0.4, -0.2) is 17.4 Å². The lowest BCUT2D eigenvalue weighted by Crippen LogP contribution is -2.39. The molecule has 0 aliphatic carbocycles. The van der Waals surface area contributed by atoms with Crippen molar-refractivity contribution < 1.29 is 4.79 Å². The summed E-state index contributed by atoms with van der Waals surface area (Å²) in [5, 5.41) is 9.21. The molecule has 0 N–H and O–H groups in total. The van der Waals surface area contributed by atoms with Crippen LogP contribution in [0, 0.1) is 11.3 Å². The van der Waals surface area contributed by atoms with Gasteiger partial charge in [0.1, 0.15) is 6.04 Å². The molecule has 2 rings (SSSR count). The first-order chi connectivity index (χ1) is 7.77. The van der Waals surface area contributed by atoms with Gasteiger partial charge in [0, 0.05) is 13.0 Å². The molecule has 1 atom stereocenters. The molecule has 0 bridgehead atoms. The van der Waals surface area contributed by atoms with Crippen LogP contribution >= 0.6 is 0 Å². The van der Waals surface area contributed by atoms with Crippen molar-refractivity contribution in [1.82, 2.24) is 4.90 Å². The molecule has 0 saturated carbocycles. The van der Waals surface area contributed by atoms with Gasteiger partial charge in [-0.1, -0.05) is 31.2 Å². The van der Waals surface area contributed by atoms with Gasteiger partial charge in [0.15, 0.2) is 0 Å². The van der Waals surface area contributed by atoms with Crippen LogP contribution in [0.1, 0.15) is 30.5 Å². The van der Waals surface area contributed by atoms with E-state index in [9.17, 15) is 10.1 Å². The second-order valence-electron chi connectivity index (χ2n) is 3.92. The summed E-state index contributed by atoms with van der Waals surface area (Å²) in [4.78, 5) is 13.4. The smallest absolute Gasteiger partial charge is 0.223 e. The van der Waals surface area contributed by atoms with E-state index in [0.717, 1.165) is 12.0 Å². The van der Waals surface area contributed by atoms with Gasteiger partial charge in [0.25, 0.3) is 0 Å². The molecule has 1 aromatic carbocycles. The number of nitrogens with zero attached hydrogens (tertiary/aromatic N) is 2. The van der Waals surface area contributed by atoms with Crippen molar-refractivity contribution in [2.75, 3.05) is 6.54 Å². The number of amides is 1. The van der Waals surface area contributed by atoms with Crippen LogP contribution in [0.2, 0.25) is 0 Å². The molecular formula is C13H14N2O. The quantitative estimate of drug-likeness (QED) is 0.718. The van der Waals surface area contributed by atoms with Crippen LogP contribution in [0.25, 0.3) is 0 Å². The van der Waals surface area contributed by atoms with E-state index in [1.807, 2.05) is 31.2 Å². The number of hydrogen-bond donors (Lipinski definition) is 0. The maximum absolute atomic E-state index is 11.7. The van der Waals surface area contributed by atoms with Gasteiger partial charge in [-0.2, -0.15) is 5.26 Å². The molecule has 0 radical (unpaired) electrons. The Bertz CT molecular complexity index is 447. The minimum Gasteiger partial charge on any atom is -0.322 e. The summed E-state index contributed by atoms with van der Waals surface area (Å²) in [5.41, 5.74) is 2.17. The lowest BCUT2D eigenvalue weighted by molar-refractivity contribution is -0.132. The molecule has 1 aliphatic heterocycles. The molecule has 3 nitrogen and oxygen atoms in total. The zero-order chi connectivity index (χ0) is 11.5. The Morgan fingerprint density at radius 3 is 3.00 bits per heavy atom. The second kappa shape index (κ2) is 4.36. The first kappa shape index (κ1) is 10.7. The molecular weight excluding hydrogens is 200 g/mol. The fourth-order valence-electron chi connectivity index (χ4n) is 2.18. The van der Waals surface area contributed by atoms with Crippen molar-refractivity contribution in [2.24, 2.45) is 0 Å². The summed E-state index contributed by atoms with van der Waals surface area (Å²) >= 11 is 0. The molecule has 1 heterocycles. The third-order valence-electron chi connectivity index (χ3n) is 3.03. The number of nitriles is 1. The highest BCUT2D eigenvalue weighted by atomic mass is 16.2. The molecule has 3 heteroatoms. The average Bonchev–Trinajstić information content (AvgIpc) is 2.36. The van der Waals surface area contributed by atoms with E-state index >= 15 is 0 Å². The zero-order valence-corrected chi connectivity index (χ0v) is 9.31. The lowest BCUT2D eigenvalue weighted by atomic mass is 9.93. The minimum absolute atomic E-state index is 0.0565. The van der Waals surface area contributed by atoms with Gasteiger partial charge >= 0.3 is 0 Å². The van der Waals surface area contributed by atoms with Crippen LogP contribution < -0.4 is 0 Å². The summed E-state index contributed by atoms with van der Waals surface area (Å²) in [7, 11) is 0. The Balaban J connectivity index is 2.38. The first-order valence-corrected chi connectivity index (χ1v) is 5.54. The molecule has 82 valence electrons. The zero-order valence-electron chi connectivity index (χ0n) is 9.31. The Kier molecular flexibility index (Phi) is 2.91. The number of rotatable bonds is 1. The molecule has 0 spiro atoms. The second-order valence-corrected chi connectivity index (χ2v) is 3.92. The Labute approximate surface area is 95.3 Å². The fourth-order valence-corrected chi connectivity index (χ4v) is 2.18. The van der Waals surface area contributed by atoms with Crippen molar-refractivity contribution in [1.29, 1.82) is 5.26 Å². The van der Waals surface area contributed by atoms with Gasteiger partial charge in [-0.05, 0) is 17.5 Å². The third-order valence-corrected chi connectivity index (χ3v) is 3.03. The van der Waals surface area contributed by atoms with Gasteiger partial charge in [-0.15, -0.1) is 0 Å². The van der Waals surface area contributed by atoms with Gasteiger partial charge in [0.2, 0.25) is 5.91 Å². The van der Waals surface area contributed by atoms with E-state index in [1.165, 1.54) is 5.56 Å². The molecule has 1 aromatic rings. The van der Waals surface area contributed by atoms with E-state index < -0.39 is 6.04 Å². The number of benzene rings is 1. The molecule has 1 aliphatic rings. The monoisotopic (exact) mass is 214 g/mol. The number of hydrogen-bond acceptors (Lipinski definition) is 2. The summed E-state index contributed by atoms with van der Waals surface area (Å²) in [6, 6.07) is 9.70. The number of carbonyl (C=O) groups excluding carboxylic acids is 1. The molecule has 0 aromatic heterocycles. The van der Waals surface area contributed by atoms with Crippen LogP contribution in [-0.2, 0) is 11.2 Å². The maximum atomic E-state index is 11.7. The van der Waals surface area contributed by atoms with Crippen molar-refractivity contribution in [3.63, 3.8) is 0 Å². The maximum Gasteiger partial charge on any atom is 0.223 e. The molecule has 16 heavy (non-hydrogen) atoms. The summed E-state index contributed by atoms with van der Waals surface area (Å²) < 4.78 is 0. The summed E-state index contributed by atoms with van der Waals surface area (Å²) in [6.45, 7) is 2.49. The van der Waals surface area contributed by atoms with Crippen LogP contribution in [0.5, 0.6) is 0 Å². The van der Waals surface area contributed by atoms with Crippen LogP contribution in [0.4, 0.5) is 0 Å². The van der Waals surface area contributed by atoms with Crippen LogP contribution in [0.15, 0.2) is 24.3 Å². The van der Waals surface area contributed by atoms with E-state index in [0.29, 0.717) is 13.0 Å². The van der Waals surface area contributed by atoms with E-state index in [2.05, 4.69) is 6.07 Å². The van der Waals surface area contributed by atoms with Gasteiger partial charge in [0.05, 0.1) is 6.07 Å². The Hall–Kier alpha value is -1.82. The van der Waals surface area contributed by atoms with Gasteiger partial charge in [-0.3, -0.25) is 4.79 Å². The Morgan fingerprint density at radius 2 is 2.31 bits per heavy atom. The SMILES string of the molecule is CCC(=O)N1CCc2ccccc2[C@@H]1C#N. The van der Waals surface area contributed by atoms with Gasteiger partial charge in [-0.25, -0.2) is 0 Å².